The van der Waals surface area contributed by atoms with Gasteiger partial charge in [0.15, 0.2) is 0 Å². The lowest BCUT2D eigenvalue weighted by Crippen LogP contribution is -2.46. The first-order valence-corrected chi connectivity index (χ1v) is 5.60. The molecule has 1 aliphatic heterocycles. The molecule has 0 amide bonds. The number of ether oxygens (including phenoxy) is 1. The first kappa shape index (κ1) is 9.47. The summed E-state index contributed by atoms with van der Waals surface area (Å²) in [5.41, 5.74) is 0.651. The minimum atomic E-state index is 0.651. The Morgan fingerprint density at radius 1 is 1.31 bits per heavy atom. The molecule has 0 atom stereocenters. The molecule has 2 aliphatic rings. The summed E-state index contributed by atoms with van der Waals surface area (Å²) >= 11 is 0. The zero-order chi connectivity index (χ0) is 9.15. The van der Waals surface area contributed by atoms with Crippen LogP contribution in [0.25, 0.3) is 0 Å². The van der Waals surface area contributed by atoms with E-state index in [4.69, 9.17) is 4.74 Å². The van der Waals surface area contributed by atoms with Gasteiger partial charge in [-0.15, -0.1) is 0 Å². The third-order valence-electron chi connectivity index (χ3n) is 3.97. The van der Waals surface area contributed by atoms with Crippen LogP contribution in [0.15, 0.2) is 0 Å². The summed E-state index contributed by atoms with van der Waals surface area (Å²) in [5.74, 6) is 0.933. The van der Waals surface area contributed by atoms with Crippen LogP contribution < -0.4 is 5.32 Å². The van der Waals surface area contributed by atoms with Crippen LogP contribution in [0.2, 0.25) is 0 Å². The zero-order valence-corrected chi connectivity index (χ0v) is 8.64. The van der Waals surface area contributed by atoms with E-state index in [2.05, 4.69) is 12.4 Å². The van der Waals surface area contributed by atoms with Crippen LogP contribution in [-0.4, -0.2) is 26.8 Å². The van der Waals surface area contributed by atoms with E-state index in [1.807, 2.05) is 0 Å². The Balaban J connectivity index is 1.93. The minimum Gasteiger partial charge on any atom is -0.381 e. The predicted molar refractivity (Wildman–Crippen MR) is 53.8 cm³/mol. The number of rotatable bonds is 3. The average molecular weight is 183 g/mol. The van der Waals surface area contributed by atoms with E-state index in [0.29, 0.717) is 5.41 Å². The van der Waals surface area contributed by atoms with Crippen molar-refractivity contribution in [1.82, 2.24) is 5.32 Å². The second-order valence-corrected chi connectivity index (χ2v) is 4.63. The van der Waals surface area contributed by atoms with Gasteiger partial charge in [-0.2, -0.15) is 0 Å². The quantitative estimate of drug-likeness (QED) is 0.720. The van der Waals surface area contributed by atoms with E-state index in [9.17, 15) is 0 Å². The SMILES string of the molecule is CNCC1(C2CCOCC2)CCC1. The highest BCUT2D eigenvalue weighted by Crippen LogP contribution is 2.49. The van der Waals surface area contributed by atoms with Crippen molar-refractivity contribution in [2.75, 3.05) is 26.8 Å². The summed E-state index contributed by atoms with van der Waals surface area (Å²) in [6.45, 7) is 3.21. The van der Waals surface area contributed by atoms with Gasteiger partial charge < -0.3 is 10.1 Å². The van der Waals surface area contributed by atoms with Gasteiger partial charge in [0.25, 0.3) is 0 Å². The van der Waals surface area contributed by atoms with Gasteiger partial charge in [-0.3, -0.25) is 0 Å². The average Bonchev–Trinajstić information content (AvgIpc) is 2.13. The Morgan fingerprint density at radius 3 is 2.46 bits per heavy atom. The van der Waals surface area contributed by atoms with E-state index in [1.54, 1.807) is 0 Å². The standard InChI is InChI=1S/C11H21NO/c1-12-9-11(5-2-6-11)10-3-7-13-8-4-10/h10,12H,2-9H2,1H3. The highest BCUT2D eigenvalue weighted by Gasteiger charge is 2.43. The van der Waals surface area contributed by atoms with Crippen molar-refractivity contribution in [3.05, 3.63) is 0 Å². The maximum atomic E-state index is 5.42. The highest BCUT2D eigenvalue weighted by molar-refractivity contribution is 4.95. The molecule has 1 saturated heterocycles. The molecular weight excluding hydrogens is 162 g/mol. The second kappa shape index (κ2) is 3.97. The predicted octanol–water partition coefficient (Wildman–Crippen LogP) is 1.80. The molecule has 13 heavy (non-hydrogen) atoms. The molecule has 1 saturated carbocycles. The Labute approximate surface area is 81.0 Å². The Morgan fingerprint density at radius 2 is 2.00 bits per heavy atom. The fraction of sp³-hybridized carbons (Fsp3) is 1.00. The molecular formula is C11H21NO. The van der Waals surface area contributed by atoms with Crippen molar-refractivity contribution < 1.29 is 4.74 Å². The van der Waals surface area contributed by atoms with Crippen LogP contribution in [0.4, 0.5) is 0 Å². The van der Waals surface area contributed by atoms with Gasteiger partial charge in [-0.1, -0.05) is 6.42 Å². The second-order valence-electron chi connectivity index (χ2n) is 4.63. The molecule has 76 valence electrons. The molecule has 1 aliphatic carbocycles. The fourth-order valence-corrected chi connectivity index (χ4v) is 3.02. The number of nitrogens with one attached hydrogen (secondary N) is 1. The van der Waals surface area contributed by atoms with Crippen LogP contribution in [0.1, 0.15) is 32.1 Å². The van der Waals surface area contributed by atoms with Gasteiger partial charge in [0.2, 0.25) is 0 Å². The third kappa shape index (κ3) is 1.75. The van der Waals surface area contributed by atoms with E-state index in [0.717, 1.165) is 19.1 Å². The van der Waals surface area contributed by atoms with E-state index in [1.165, 1.54) is 38.6 Å². The molecule has 0 radical (unpaired) electrons. The molecule has 2 nitrogen and oxygen atoms in total. The molecule has 0 unspecified atom stereocenters. The van der Waals surface area contributed by atoms with Crippen molar-refractivity contribution >= 4 is 0 Å². The first-order chi connectivity index (χ1) is 6.37. The van der Waals surface area contributed by atoms with Crippen molar-refractivity contribution in [2.45, 2.75) is 32.1 Å². The molecule has 0 aromatic carbocycles. The van der Waals surface area contributed by atoms with Gasteiger partial charge in [0.1, 0.15) is 0 Å². The Hall–Kier alpha value is -0.0800. The van der Waals surface area contributed by atoms with Crippen molar-refractivity contribution in [3.8, 4) is 0 Å². The first-order valence-electron chi connectivity index (χ1n) is 5.60. The Bertz CT molecular complexity index is 159. The fourth-order valence-electron chi connectivity index (χ4n) is 3.02. The monoisotopic (exact) mass is 183 g/mol. The van der Waals surface area contributed by atoms with Gasteiger partial charge in [-0.05, 0) is 44.1 Å². The van der Waals surface area contributed by atoms with Crippen LogP contribution >= 0.6 is 0 Å². The minimum absolute atomic E-state index is 0.651. The zero-order valence-electron chi connectivity index (χ0n) is 8.64. The van der Waals surface area contributed by atoms with E-state index in [-0.39, 0.29) is 0 Å². The number of hydrogen-bond donors (Lipinski definition) is 1. The van der Waals surface area contributed by atoms with E-state index >= 15 is 0 Å². The molecule has 1 N–H and O–H groups in total. The van der Waals surface area contributed by atoms with Crippen molar-refractivity contribution in [1.29, 1.82) is 0 Å². The van der Waals surface area contributed by atoms with Crippen LogP contribution in [0.3, 0.4) is 0 Å². The summed E-state index contributed by atoms with van der Waals surface area (Å²) in [6, 6.07) is 0. The van der Waals surface area contributed by atoms with Crippen molar-refractivity contribution in [3.63, 3.8) is 0 Å². The summed E-state index contributed by atoms with van der Waals surface area (Å²) in [7, 11) is 2.08. The lowest BCUT2D eigenvalue weighted by molar-refractivity contribution is -0.0289. The lowest BCUT2D eigenvalue weighted by atomic mass is 9.59. The summed E-state index contributed by atoms with van der Waals surface area (Å²) in [4.78, 5) is 0. The Kier molecular flexibility index (Phi) is 2.89. The molecule has 0 bridgehead atoms. The molecule has 0 aromatic rings. The van der Waals surface area contributed by atoms with Crippen LogP contribution in [-0.2, 0) is 4.74 Å². The van der Waals surface area contributed by atoms with Crippen LogP contribution in [0, 0.1) is 11.3 Å². The molecule has 0 spiro atoms. The molecule has 2 fully saturated rings. The lowest BCUT2D eigenvalue weighted by Gasteiger charge is -2.49. The molecule has 2 rings (SSSR count). The molecule has 1 heterocycles. The summed E-state index contributed by atoms with van der Waals surface area (Å²) < 4.78 is 5.42. The van der Waals surface area contributed by atoms with Crippen molar-refractivity contribution in [2.24, 2.45) is 11.3 Å². The molecule has 2 heteroatoms. The van der Waals surface area contributed by atoms with Gasteiger partial charge in [0.05, 0.1) is 0 Å². The summed E-state index contributed by atoms with van der Waals surface area (Å²) in [5, 5.41) is 3.37. The van der Waals surface area contributed by atoms with Gasteiger partial charge >= 0.3 is 0 Å². The maximum Gasteiger partial charge on any atom is 0.0468 e. The topological polar surface area (TPSA) is 21.3 Å². The van der Waals surface area contributed by atoms with Gasteiger partial charge in [0, 0.05) is 19.8 Å². The third-order valence-corrected chi connectivity index (χ3v) is 3.97. The number of hydrogen-bond acceptors (Lipinski definition) is 2. The highest BCUT2D eigenvalue weighted by atomic mass is 16.5. The smallest absolute Gasteiger partial charge is 0.0468 e. The largest absolute Gasteiger partial charge is 0.381 e. The normalized spacial score (nSPS) is 28.4. The molecule has 0 aromatic heterocycles. The maximum absolute atomic E-state index is 5.42. The van der Waals surface area contributed by atoms with Crippen LogP contribution in [0.5, 0.6) is 0 Å². The van der Waals surface area contributed by atoms with Gasteiger partial charge in [-0.25, -0.2) is 0 Å². The summed E-state index contributed by atoms with van der Waals surface area (Å²) in [6.07, 6.45) is 6.92. The van der Waals surface area contributed by atoms with E-state index < -0.39 is 0 Å².